The first-order valence-corrected chi connectivity index (χ1v) is 44.5. The van der Waals surface area contributed by atoms with E-state index in [2.05, 4.69) is 125 Å². The zero-order valence-corrected chi connectivity index (χ0v) is 67.7. The second-order valence-corrected chi connectivity index (χ2v) is 30.6. The first-order valence-electron chi connectivity index (χ1n) is 41.5. The summed E-state index contributed by atoms with van der Waals surface area (Å²) in [7, 11) is -9.96. The molecule has 0 aromatic carbocycles. The predicted molar refractivity (Wildman–Crippen MR) is 427 cm³/mol. The number of hydrogen-bond acceptors (Lipinski definition) is 15. The summed E-state index contributed by atoms with van der Waals surface area (Å²) in [6.45, 7) is 4.74. The van der Waals surface area contributed by atoms with Gasteiger partial charge in [0.1, 0.15) is 19.3 Å². The van der Waals surface area contributed by atoms with Crippen molar-refractivity contribution in [1.82, 2.24) is 0 Å². The smallest absolute Gasteiger partial charge is 0.462 e. The molecule has 19 heteroatoms. The Balaban J connectivity index is 5.33. The zero-order chi connectivity index (χ0) is 76.0. The number of ether oxygens (including phenoxy) is 4. The van der Waals surface area contributed by atoms with Crippen molar-refractivity contribution in [2.24, 2.45) is 0 Å². The van der Waals surface area contributed by atoms with Crippen LogP contribution < -0.4 is 0 Å². The summed E-state index contributed by atoms with van der Waals surface area (Å²) in [5.74, 6) is -2.20. The fourth-order valence-electron chi connectivity index (χ4n) is 11.3. The number of allylic oxidation sites excluding steroid dienone is 16. The van der Waals surface area contributed by atoms with E-state index in [1.807, 2.05) is 0 Å². The van der Waals surface area contributed by atoms with Gasteiger partial charge in [0, 0.05) is 25.7 Å². The topological polar surface area (TPSA) is 237 Å². The Morgan fingerprint density at radius 3 is 0.798 bits per heavy atom. The maximum atomic E-state index is 13.1. The van der Waals surface area contributed by atoms with E-state index in [1.165, 1.54) is 122 Å². The Morgan fingerprint density at radius 1 is 0.279 bits per heavy atom. The molecule has 0 rings (SSSR count). The van der Waals surface area contributed by atoms with E-state index >= 15 is 0 Å². The second-order valence-electron chi connectivity index (χ2n) is 27.7. The monoisotopic (exact) mass is 1510 g/mol. The molecule has 0 aromatic heterocycles. The van der Waals surface area contributed by atoms with Gasteiger partial charge in [-0.15, -0.1) is 0 Å². The number of unbranched alkanes of at least 4 members (excludes halogenated alkanes) is 36. The van der Waals surface area contributed by atoms with Crippen LogP contribution in [0.4, 0.5) is 0 Å². The van der Waals surface area contributed by atoms with E-state index in [0.717, 1.165) is 161 Å². The highest BCUT2D eigenvalue weighted by molar-refractivity contribution is 7.47. The van der Waals surface area contributed by atoms with Gasteiger partial charge in [0.2, 0.25) is 0 Å². The van der Waals surface area contributed by atoms with Gasteiger partial charge in [0.15, 0.2) is 12.2 Å². The molecular weight excluding hydrogens is 1350 g/mol. The van der Waals surface area contributed by atoms with Crippen molar-refractivity contribution in [3.63, 3.8) is 0 Å². The molecule has 0 saturated heterocycles. The number of phosphoric ester groups is 2. The van der Waals surface area contributed by atoms with Crippen molar-refractivity contribution in [3.05, 3.63) is 97.2 Å². The largest absolute Gasteiger partial charge is 0.472 e. The molecule has 0 bridgehead atoms. The molecule has 602 valence electrons. The predicted octanol–water partition coefficient (Wildman–Crippen LogP) is 24.3. The lowest BCUT2D eigenvalue weighted by atomic mass is 10.0. The highest BCUT2D eigenvalue weighted by Crippen LogP contribution is 2.45. The third-order valence-electron chi connectivity index (χ3n) is 17.6. The Kier molecular flexibility index (Phi) is 74.2. The molecule has 0 aliphatic rings. The molecule has 0 spiro atoms. The van der Waals surface area contributed by atoms with Gasteiger partial charge in [0.25, 0.3) is 0 Å². The molecule has 0 amide bonds. The van der Waals surface area contributed by atoms with Crippen molar-refractivity contribution in [3.8, 4) is 0 Å². The SMILES string of the molecule is CC/C=C\C/C=C\C/C=C\C/C=C\C/C=C\CCCCCC(=O)OCC(COP(=O)(O)OCC(O)COP(=O)(O)OCC(COC(=O)CCCCCCCC/C=C\C/C=C\C/C=C\CCCCC)OC(=O)CCCCCCCCCCCCCCCCC)OC(=O)CCCCCCCCCCCCC. The van der Waals surface area contributed by atoms with Crippen LogP contribution in [0.5, 0.6) is 0 Å². The lowest BCUT2D eigenvalue weighted by Gasteiger charge is -2.21. The average Bonchev–Trinajstić information content (AvgIpc) is 0.931. The van der Waals surface area contributed by atoms with Crippen LogP contribution in [0.2, 0.25) is 0 Å². The Hall–Kier alpha value is -4.02. The Morgan fingerprint density at radius 2 is 0.500 bits per heavy atom. The third kappa shape index (κ3) is 76.2. The van der Waals surface area contributed by atoms with E-state index in [1.54, 1.807) is 0 Å². The van der Waals surface area contributed by atoms with Gasteiger partial charge >= 0.3 is 39.5 Å². The molecule has 0 radical (unpaired) electrons. The molecule has 3 N–H and O–H groups in total. The van der Waals surface area contributed by atoms with E-state index < -0.39 is 97.5 Å². The van der Waals surface area contributed by atoms with Gasteiger partial charge in [-0.1, -0.05) is 324 Å². The summed E-state index contributed by atoms with van der Waals surface area (Å²) in [5, 5.41) is 10.6. The summed E-state index contributed by atoms with van der Waals surface area (Å²) in [5.41, 5.74) is 0. The number of hydrogen-bond donors (Lipinski definition) is 3. The number of aliphatic hydroxyl groups excluding tert-OH is 1. The van der Waals surface area contributed by atoms with Crippen LogP contribution >= 0.6 is 15.6 Å². The molecule has 0 aromatic rings. The van der Waals surface area contributed by atoms with Gasteiger partial charge < -0.3 is 33.8 Å². The van der Waals surface area contributed by atoms with Gasteiger partial charge in [0.05, 0.1) is 26.4 Å². The molecule has 5 unspecified atom stereocenters. The normalized spacial score (nSPS) is 14.3. The van der Waals surface area contributed by atoms with Crippen molar-refractivity contribution in [2.75, 3.05) is 39.6 Å². The summed E-state index contributed by atoms with van der Waals surface area (Å²) in [6, 6.07) is 0. The standard InChI is InChI=1S/C85H150O17P2/c1-5-9-13-17-21-25-29-32-35-37-39-41-44-46-50-53-57-61-65-69-82(87)95-75-80(101-84(89)71-67-63-59-55-49-28-24-20-16-12-8-4)77-99-103(91,92)97-73-79(86)74-98-104(93,94)100-78-81(102-85(90)72-68-64-60-56-52-48-43-34-31-27-23-19-15-11-7-3)76-96-83(88)70-66-62-58-54-51-47-45-42-40-38-36-33-30-26-22-18-14-10-6-2/h9,13,21-22,25-26,32-33,35-36,39-42,46,50,79-81,86H,5-8,10-12,14-20,23-24,27-31,34,37-38,43-45,47-49,51-78H2,1-4H3,(H,91,92)(H,93,94)/b13-9-,25-21-,26-22-,35-32-,36-33-,41-39-,42-40-,50-46-. The van der Waals surface area contributed by atoms with Crippen molar-refractivity contribution < 1.29 is 80.2 Å². The Bertz CT molecular complexity index is 2350. The number of esters is 4. The van der Waals surface area contributed by atoms with Crippen molar-refractivity contribution in [1.29, 1.82) is 0 Å². The minimum absolute atomic E-state index is 0.0900. The van der Waals surface area contributed by atoms with Crippen LogP contribution in [0.15, 0.2) is 97.2 Å². The molecule has 0 fully saturated rings. The first kappa shape index (κ1) is 100.0. The summed E-state index contributed by atoms with van der Waals surface area (Å²) in [4.78, 5) is 73.1. The van der Waals surface area contributed by atoms with Crippen LogP contribution in [0, 0.1) is 0 Å². The van der Waals surface area contributed by atoms with E-state index in [0.29, 0.717) is 25.7 Å². The van der Waals surface area contributed by atoms with Crippen LogP contribution in [-0.4, -0.2) is 96.7 Å². The third-order valence-corrected chi connectivity index (χ3v) is 19.5. The molecule has 17 nitrogen and oxygen atoms in total. The number of aliphatic hydroxyl groups is 1. The second kappa shape index (κ2) is 77.1. The van der Waals surface area contributed by atoms with E-state index in [4.69, 9.17) is 37.0 Å². The van der Waals surface area contributed by atoms with Crippen LogP contribution in [-0.2, 0) is 65.4 Å². The molecular formula is C85H150O17P2. The zero-order valence-electron chi connectivity index (χ0n) is 65.9. The number of rotatable bonds is 78. The lowest BCUT2D eigenvalue weighted by Crippen LogP contribution is -2.30. The summed E-state index contributed by atoms with van der Waals surface area (Å²) < 4.78 is 68.7. The van der Waals surface area contributed by atoms with Gasteiger partial charge in [-0.05, 0) is 109 Å². The van der Waals surface area contributed by atoms with Gasteiger partial charge in [-0.3, -0.25) is 37.3 Å². The van der Waals surface area contributed by atoms with Crippen LogP contribution in [0.3, 0.4) is 0 Å². The van der Waals surface area contributed by atoms with Crippen LogP contribution in [0.1, 0.15) is 362 Å². The maximum absolute atomic E-state index is 13.1. The van der Waals surface area contributed by atoms with Gasteiger partial charge in [-0.2, -0.15) is 0 Å². The number of phosphoric acid groups is 2. The first-order chi connectivity index (χ1) is 50.7. The molecule has 0 aliphatic carbocycles. The quantitative estimate of drug-likeness (QED) is 0.0169. The van der Waals surface area contributed by atoms with Crippen LogP contribution in [0.25, 0.3) is 0 Å². The number of carbonyl (C=O) groups is 4. The molecule has 5 atom stereocenters. The fourth-order valence-corrected chi connectivity index (χ4v) is 12.8. The van der Waals surface area contributed by atoms with Gasteiger partial charge in [-0.25, -0.2) is 9.13 Å². The highest BCUT2D eigenvalue weighted by atomic mass is 31.2. The number of carbonyl (C=O) groups excluding carboxylic acids is 4. The lowest BCUT2D eigenvalue weighted by molar-refractivity contribution is -0.161. The minimum atomic E-state index is -4.98. The minimum Gasteiger partial charge on any atom is -0.462 e. The summed E-state index contributed by atoms with van der Waals surface area (Å²) >= 11 is 0. The molecule has 0 aliphatic heterocycles. The van der Waals surface area contributed by atoms with E-state index in [-0.39, 0.29) is 25.7 Å². The fraction of sp³-hybridized carbons (Fsp3) is 0.765. The highest BCUT2D eigenvalue weighted by Gasteiger charge is 2.30. The van der Waals surface area contributed by atoms with Crippen molar-refractivity contribution >= 4 is 39.5 Å². The average molecular weight is 1510 g/mol. The van der Waals surface area contributed by atoms with E-state index in [9.17, 15) is 43.2 Å². The molecule has 0 saturated carbocycles. The van der Waals surface area contributed by atoms with Crippen molar-refractivity contribution in [2.45, 2.75) is 380 Å². The summed E-state index contributed by atoms with van der Waals surface area (Å²) in [6.07, 6.45) is 82.3. The maximum Gasteiger partial charge on any atom is 0.472 e. The Labute approximate surface area is 633 Å². The molecule has 0 heterocycles. The molecule has 104 heavy (non-hydrogen) atoms.